The molecule has 0 saturated heterocycles. The summed E-state index contributed by atoms with van der Waals surface area (Å²) in [6.45, 7) is 3.19. The number of Topliss-reactive ketones (excluding diaryl/α,β-unsaturated/α-hetero) is 1. The highest BCUT2D eigenvalue weighted by Crippen LogP contribution is 2.44. The molecule has 6 rings (SSSR count). The minimum atomic E-state index is -0.291. The summed E-state index contributed by atoms with van der Waals surface area (Å²) in [7, 11) is 0. The van der Waals surface area contributed by atoms with Crippen molar-refractivity contribution in [3.63, 3.8) is 0 Å². The fraction of sp³-hybridized carbons (Fsp3) is 0.433. The predicted octanol–water partition coefficient (Wildman–Crippen LogP) is 7.07. The highest BCUT2D eigenvalue weighted by atomic mass is 19.1. The van der Waals surface area contributed by atoms with Crippen molar-refractivity contribution in [3.8, 4) is 11.3 Å². The van der Waals surface area contributed by atoms with Crippen molar-refractivity contribution in [2.75, 3.05) is 0 Å². The smallest absolute Gasteiger partial charge is 0.138 e. The van der Waals surface area contributed by atoms with Crippen LogP contribution in [0.25, 0.3) is 22.2 Å². The Kier molecular flexibility index (Phi) is 6.20. The number of aromatic nitrogens is 4. The van der Waals surface area contributed by atoms with Crippen molar-refractivity contribution in [3.05, 3.63) is 72.1 Å². The summed E-state index contributed by atoms with van der Waals surface area (Å²) in [4.78, 5) is 17.6. The van der Waals surface area contributed by atoms with Gasteiger partial charge in [0.1, 0.15) is 11.6 Å². The average Bonchev–Trinajstić information content (AvgIpc) is 3.60. The third kappa shape index (κ3) is 4.16. The molecule has 0 N–H and O–H groups in total. The van der Waals surface area contributed by atoms with E-state index in [4.69, 9.17) is 5.10 Å². The molecule has 6 heteroatoms. The third-order valence-corrected chi connectivity index (χ3v) is 8.28. The Morgan fingerprint density at radius 1 is 1.11 bits per heavy atom. The maximum absolute atomic E-state index is 14.8. The molecular weight excluding hydrogens is 451 g/mol. The van der Waals surface area contributed by atoms with Gasteiger partial charge in [-0.3, -0.25) is 9.48 Å². The molecule has 36 heavy (non-hydrogen) atoms. The second-order valence-electron chi connectivity index (χ2n) is 10.5. The molecule has 186 valence electrons. The number of imidazole rings is 1. The van der Waals surface area contributed by atoms with Gasteiger partial charge in [-0.25, -0.2) is 9.37 Å². The zero-order valence-corrected chi connectivity index (χ0v) is 20.9. The van der Waals surface area contributed by atoms with E-state index in [1.807, 2.05) is 10.6 Å². The number of carbonyl (C=O) groups is 1. The Hall–Kier alpha value is -3.28. The highest BCUT2D eigenvalue weighted by Gasteiger charge is 2.35. The van der Waals surface area contributed by atoms with E-state index in [1.54, 1.807) is 18.6 Å². The summed E-state index contributed by atoms with van der Waals surface area (Å²) in [5.41, 5.74) is 4.81. The molecule has 3 heterocycles. The molecular formula is C30H33FN4O. The largest absolute Gasteiger partial charge is 0.322 e. The quantitative estimate of drug-likeness (QED) is 0.251. The van der Waals surface area contributed by atoms with Crippen LogP contribution in [0, 0.1) is 11.7 Å². The molecule has 0 bridgehead atoms. The van der Waals surface area contributed by atoms with Gasteiger partial charge in [-0.1, -0.05) is 38.0 Å². The van der Waals surface area contributed by atoms with Crippen molar-refractivity contribution in [2.24, 2.45) is 5.92 Å². The number of ketones is 1. The number of hydrogen-bond acceptors (Lipinski definition) is 3. The average molecular weight is 485 g/mol. The normalized spacial score (nSPS) is 21.0. The van der Waals surface area contributed by atoms with Gasteiger partial charge in [0.05, 0.1) is 29.8 Å². The van der Waals surface area contributed by atoms with Crippen LogP contribution in [0.15, 0.2) is 55.1 Å². The van der Waals surface area contributed by atoms with Gasteiger partial charge < -0.3 is 4.57 Å². The molecule has 4 aromatic rings. The first kappa shape index (κ1) is 23.1. The molecule has 0 spiro atoms. The number of unbranched alkanes of at least 4 members (excludes halogenated alkanes) is 2. The summed E-state index contributed by atoms with van der Waals surface area (Å²) >= 11 is 0. The van der Waals surface area contributed by atoms with Crippen molar-refractivity contribution in [1.82, 2.24) is 19.3 Å². The first-order valence-corrected chi connectivity index (χ1v) is 13.4. The summed E-state index contributed by atoms with van der Waals surface area (Å²) in [5.74, 6) is 0.542. The van der Waals surface area contributed by atoms with Crippen molar-refractivity contribution in [1.29, 1.82) is 0 Å². The van der Waals surface area contributed by atoms with Crippen LogP contribution in [0.1, 0.15) is 81.4 Å². The molecule has 0 radical (unpaired) electrons. The van der Waals surface area contributed by atoms with E-state index in [2.05, 4.69) is 41.0 Å². The topological polar surface area (TPSA) is 52.7 Å². The summed E-state index contributed by atoms with van der Waals surface area (Å²) < 4.78 is 18.8. The van der Waals surface area contributed by atoms with Crippen LogP contribution >= 0.6 is 0 Å². The second kappa shape index (κ2) is 9.64. The van der Waals surface area contributed by atoms with Gasteiger partial charge in [0.15, 0.2) is 0 Å². The zero-order valence-electron chi connectivity index (χ0n) is 20.9. The van der Waals surface area contributed by atoms with Crippen LogP contribution < -0.4 is 0 Å². The van der Waals surface area contributed by atoms with Crippen LogP contribution in [-0.2, 0) is 11.3 Å². The molecule has 0 amide bonds. The first-order chi connectivity index (χ1) is 17.6. The van der Waals surface area contributed by atoms with Gasteiger partial charge >= 0.3 is 0 Å². The summed E-state index contributed by atoms with van der Waals surface area (Å²) in [6.07, 6.45) is 13.4. The Morgan fingerprint density at radius 2 is 1.97 bits per heavy atom. The standard InChI is InChI=1S/C30H33FN4O/c1-2-3-4-14-34-18-23-15-22(12-13-26(23)33-34)20-8-10-21(11-9-20)29(36)16-27-30-24(6-5-7-25(30)31)28-17-32-19-35(27)28/h5-7,12-13,15,17-21,27H,2-4,8-11,14,16H2,1H3. The Bertz CT molecular complexity index is 1400. The Morgan fingerprint density at radius 3 is 2.81 bits per heavy atom. The monoisotopic (exact) mass is 484 g/mol. The van der Waals surface area contributed by atoms with Crippen LogP contribution in [0.2, 0.25) is 0 Å². The van der Waals surface area contributed by atoms with Crippen molar-refractivity contribution < 1.29 is 9.18 Å². The molecule has 1 saturated carbocycles. The lowest BCUT2D eigenvalue weighted by Crippen LogP contribution is -2.24. The van der Waals surface area contributed by atoms with E-state index >= 15 is 0 Å². The molecule has 5 nitrogen and oxygen atoms in total. The lowest BCUT2D eigenvalue weighted by molar-refractivity contribution is -0.124. The number of hydrogen-bond donors (Lipinski definition) is 0. The molecule has 2 aliphatic rings. The molecule has 1 fully saturated rings. The van der Waals surface area contributed by atoms with Gasteiger partial charge in [-0.2, -0.15) is 5.10 Å². The SMILES string of the molecule is CCCCCn1cc2cc(C3CCC(C(=O)CC4c5c(F)cccc5-c5cncn54)CC3)ccc2n1. The van der Waals surface area contributed by atoms with Crippen molar-refractivity contribution >= 4 is 16.7 Å². The number of halogens is 1. The highest BCUT2D eigenvalue weighted by molar-refractivity contribution is 5.83. The lowest BCUT2D eigenvalue weighted by Gasteiger charge is -2.29. The van der Waals surface area contributed by atoms with E-state index in [0.29, 0.717) is 17.9 Å². The zero-order chi connectivity index (χ0) is 24.6. The van der Waals surface area contributed by atoms with E-state index in [9.17, 15) is 9.18 Å². The minimum Gasteiger partial charge on any atom is -0.322 e. The van der Waals surface area contributed by atoms with Crippen molar-refractivity contribution in [2.45, 2.75) is 76.8 Å². The second-order valence-corrected chi connectivity index (χ2v) is 10.5. The van der Waals surface area contributed by atoms with E-state index < -0.39 is 0 Å². The number of benzene rings is 2. The molecule has 2 aromatic heterocycles. The summed E-state index contributed by atoms with van der Waals surface area (Å²) in [5, 5.41) is 5.94. The molecule has 1 aliphatic carbocycles. The molecule has 1 aliphatic heterocycles. The Labute approximate surface area is 211 Å². The molecule has 2 aromatic carbocycles. The van der Waals surface area contributed by atoms with Gasteiger partial charge in [0.25, 0.3) is 0 Å². The number of rotatable bonds is 8. The molecule has 1 atom stereocenters. The van der Waals surface area contributed by atoms with Gasteiger partial charge in [0, 0.05) is 41.6 Å². The van der Waals surface area contributed by atoms with Gasteiger partial charge in [-0.05, 0) is 61.8 Å². The minimum absolute atomic E-state index is 0.0501. The number of fused-ring (bicyclic) bond motifs is 4. The first-order valence-electron chi connectivity index (χ1n) is 13.4. The van der Waals surface area contributed by atoms with Gasteiger partial charge in [0.2, 0.25) is 0 Å². The van der Waals surface area contributed by atoms with Gasteiger partial charge in [-0.15, -0.1) is 0 Å². The summed E-state index contributed by atoms with van der Waals surface area (Å²) in [6, 6.07) is 11.5. The fourth-order valence-corrected chi connectivity index (χ4v) is 6.29. The maximum Gasteiger partial charge on any atom is 0.138 e. The van der Waals surface area contributed by atoms with Crippen LogP contribution in [-0.4, -0.2) is 25.1 Å². The number of nitrogens with zero attached hydrogens (tertiary/aromatic N) is 4. The Balaban J connectivity index is 1.11. The van der Waals surface area contributed by atoms with E-state index in [0.717, 1.165) is 55.4 Å². The van der Waals surface area contributed by atoms with Crippen LogP contribution in [0.3, 0.4) is 0 Å². The number of aryl methyl sites for hydroxylation is 1. The maximum atomic E-state index is 14.8. The third-order valence-electron chi connectivity index (χ3n) is 8.28. The number of carbonyl (C=O) groups excluding carboxylic acids is 1. The van der Waals surface area contributed by atoms with Crippen LogP contribution in [0.4, 0.5) is 4.39 Å². The molecule has 1 unspecified atom stereocenters. The lowest BCUT2D eigenvalue weighted by atomic mass is 9.76. The van der Waals surface area contributed by atoms with E-state index in [-0.39, 0.29) is 23.6 Å². The van der Waals surface area contributed by atoms with E-state index in [1.165, 1.54) is 29.9 Å². The van der Waals surface area contributed by atoms with Crippen LogP contribution in [0.5, 0.6) is 0 Å². The fourth-order valence-electron chi connectivity index (χ4n) is 6.29. The predicted molar refractivity (Wildman–Crippen MR) is 139 cm³/mol.